The second-order valence-electron chi connectivity index (χ2n) is 12.3. The maximum Gasteiger partial charge on any atom is 0.0731 e. The lowest BCUT2D eigenvalue weighted by atomic mass is 9.68. The van der Waals surface area contributed by atoms with Crippen molar-refractivity contribution in [1.82, 2.24) is 0 Å². The molecule has 0 nitrogen and oxygen atoms in total. The van der Waals surface area contributed by atoms with Crippen molar-refractivity contribution >= 4 is 27.5 Å². The van der Waals surface area contributed by atoms with Crippen LogP contribution in [0.1, 0.15) is 47.2 Å². The van der Waals surface area contributed by atoms with E-state index in [0.717, 1.165) is 9.50 Å². The van der Waals surface area contributed by atoms with Crippen LogP contribution in [-0.2, 0) is 10.8 Å². The molecule has 6 aromatic rings. The minimum Gasteiger partial charge on any atom is -0.0843 e. The Labute approximate surface area is 259 Å². The number of benzene rings is 6. The second-order valence-corrected chi connectivity index (χ2v) is 13.6. The van der Waals surface area contributed by atoms with Crippen molar-refractivity contribution in [1.29, 1.82) is 0 Å². The van der Waals surface area contributed by atoms with E-state index in [4.69, 9.17) is 11.6 Å². The summed E-state index contributed by atoms with van der Waals surface area (Å²) in [6, 6.07) is 45.1. The first-order chi connectivity index (χ1) is 20.4. The Kier molecular flexibility index (Phi) is 4.90. The molecule has 0 heterocycles. The molecule has 1 atom stereocenters. The van der Waals surface area contributed by atoms with Crippen molar-refractivity contribution in [2.24, 2.45) is 0 Å². The van der Waals surface area contributed by atoms with Crippen molar-refractivity contribution in [3.63, 3.8) is 0 Å². The molecule has 2 heteroatoms. The van der Waals surface area contributed by atoms with Crippen LogP contribution in [0.4, 0.5) is 0 Å². The number of rotatable bonds is 1. The molecule has 200 valence electrons. The summed E-state index contributed by atoms with van der Waals surface area (Å²) in [5, 5.41) is 0.792. The highest BCUT2D eigenvalue weighted by Crippen LogP contribution is 2.65. The summed E-state index contributed by atoms with van der Waals surface area (Å²) in [5.41, 5.74) is 17.9. The van der Waals surface area contributed by atoms with E-state index in [0.29, 0.717) is 0 Å². The molecule has 0 saturated heterocycles. The molecule has 0 N–H and O–H groups in total. The quantitative estimate of drug-likeness (QED) is 0.171. The van der Waals surface area contributed by atoms with Gasteiger partial charge < -0.3 is 0 Å². The fourth-order valence-corrected chi connectivity index (χ4v) is 9.07. The van der Waals surface area contributed by atoms with Crippen LogP contribution in [0.15, 0.2) is 126 Å². The molecule has 0 aromatic heterocycles. The highest BCUT2D eigenvalue weighted by atomic mass is 79.9. The van der Waals surface area contributed by atoms with Gasteiger partial charge in [-0.1, -0.05) is 138 Å². The van der Waals surface area contributed by atoms with Crippen LogP contribution in [0.25, 0.3) is 44.5 Å². The van der Waals surface area contributed by atoms with E-state index in [1.165, 1.54) is 77.9 Å². The largest absolute Gasteiger partial charge is 0.0843 e. The molecule has 0 saturated carbocycles. The lowest BCUT2D eigenvalue weighted by Gasteiger charge is -2.32. The van der Waals surface area contributed by atoms with Gasteiger partial charge >= 0.3 is 0 Å². The third-order valence-corrected chi connectivity index (χ3v) is 10.9. The zero-order chi connectivity index (χ0) is 28.4. The molecule has 0 bridgehead atoms. The third kappa shape index (κ3) is 2.89. The highest BCUT2D eigenvalue weighted by Gasteiger charge is 2.53. The van der Waals surface area contributed by atoms with Crippen LogP contribution in [0.3, 0.4) is 0 Å². The average Bonchev–Trinajstić information content (AvgIpc) is 3.57. The standard InChI is InChI=1S/C40H26BrCl/c1-39(2)34-21-23(17-19-27(34)28-20-18-24(42)22-35(28)39)25-11-7-12-29-26-9-3-5-13-31(26)40(38(25)29)32-14-6-4-10-30(32)37-33(40)15-8-16-36(37)41/h3-22H,1-2H3. The zero-order valence-corrected chi connectivity index (χ0v) is 25.6. The van der Waals surface area contributed by atoms with Crippen molar-refractivity contribution in [2.75, 3.05) is 0 Å². The third-order valence-electron chi connectivity index (χ3n) is 10.0. The van der Waals surface area contributed by atoms with Gasteiger partial charge in [0, 0.05) is 20.5 Å². The first kappa shape index (κ1) is 24.7. The van der Waals surface area contributed by atoms with Gasteiger partial charge in [-0.3, -0.25) is 0 Å². The van der Waals surface area contributed by atoms with Gasteiger partial charge in [0.2, 0.25) is 0 Å². The summed E-state index contributed by atoms with van der Waals surface area (Å²) in [4.78, 5) is 0. The van der Waals surface area contributed by atoms with E-state index in [1.54, 1.807) is 0 Å². The maximum atomic E-state index is 6.49. The summed E-state index contributed by atoms with van der Waals surface area (Å²) in [6.45, 7) is 4.65. The summed E-state index contributed by atoms with van der Waals surface area (Å²) >= 11 is 10.4. The summed E-state index contributed by atoms with van der Waals surface area (Å²) in [6.07, 6.45) is 0. The molecule has 1 spiro atoms. The Morgan fingerprint density at radius 2 is 1.07 bits per heavy atom. The van der Waals surface area contributed by atoms with E-state index < -0.39 is 5.41 Å². The van der Waals surface area contributed by atoms with Gasteiger partial charge in [0.1, 0.15) is 0 Å². The van der Waals surface area contributed by atoms with E-state index in [-0.39, 0.29) is 5.41 Å². The SMILES string of the molecule is CC1(C)c2cc(Cl)ccc2-c2ccc(-c3cccc4c3C3(c5ccccc5-4)c4ccccc4-c4c(Br)cccc43)cc21. The van der Waals surface area contributed by atoms with Gasteiger partial charge in [-0.15, -0.1) is 0 Å². The van der Waals surface area contributed by atoms with Gasteiger partial charge in [-0.25, -0.2) is 0 Å². The Balaban J connectivity index is 1.38. The fraction of sp³-hybridized carbons (Fsp3) is 0.100. The molecular weight excluding hydrogens is 596 g/mol. The van der Waals surface area contributed by atoms with E-state index >= 15 is 0 Å². The predicted octanol–water partition coefficient (Wildman–Crippen LogP) is 11.4. The second kappa shape index (κ2) is 8.34. The molecule has 3 aliphatic rings. The molecule has 0 radical (unpaired) electrons. The molecule has 1 unspecified atom stereocenters. The van der Waals surface area contributed by atoms with Crippen LogP contribution < -0.4 is 0 Å². The number of fused-ring (bicyclic) bond motifs is 13. The Bertz CT molecular complexity index is 2150. The normalized spacial score (nSPS) is 17.8. The summed E-state index contributed by atoms with van der Waals surface area (Å²) in [7, 11) is 0. The Morgan fingerprint density at radius 3 is 1.88 bits per heavy atom. The predicted molar refractivity (Wildman–Crippen MR) is 178 cm³/mol. The zero-order valence-electron chi connectivity index (χ0n) is 23.3. The highest BCUT2D eigenvalue weighted by molar-refractivity contribution is 9.10. The van der Waals surface area contributed by atoms with Crippen LogP contribution in [0.5, 0.6) is 0 Å². The maximum absolute atomic E-state index is 6.49. The van der Waals surface area contributed by atoms with E-state index in [2.05, 4.69) is 145 Å². The molecule has 0 fully saturated rings. The molecule has 3 aliphatic carbocycles. The molecule has 0 aliphatic heterocycles. The van der Waals surface area contributed by atoms with Gasteiger partial charge in [0.25, 0.3) is 0 Å². The Hall–Kier alpha value is -3.91. The molecule has 42 heavy (non-hydrogen) atoms. The van der Waals surface area contributed by atoms with Crippen LogP contribution in [-0.4, -0.2) is 0 Å². The lowest BCUT2D eigenvalue weighted by Crippen LogP contribution is -2.26. The smallest absolute Gasteiger partial charge is 0.0731 e. The average molecular weight is 622 g/mol. The fourth-order valence-electron chi connectivity index (χ4n) is 8.32. The van der Waals surface area contributed by atoms with Crippen molar-refractivity contribution in [2.45, 2.75) is 24.7 Å². The van der Waals surface area contributed by atoms with Gasteiger partial charge in [-0.2, -0.15) is 0 Å². The van der Waals surface area contributed by atoms with Crippen molar-refractivity contribution in [3.05, 3.63) is 164 Å². The Morgan fingerprint density at radius 1 is 0.500 bits per heavy atom. The molecule has 6 aromatic carbocycles. The lowest BCUT2D eigenvalue weighted by molar-refractivity contribution is 0.660. The van der Waals surface area contributed by atoms with Gasteiger partial charge in [-0.05, 0) is 96.6 Å². The molecular formula is C40H26BrCl. The first-order valence-corrected chi connectivity index (χ1v) is 15.7. The summed E-state index contributed by atoms with van der Waals surface area (Å²) in [5.74, 6) is 0. The van der Waals surface area contributed by atoms with Gasteiger partial charge in [0.05, 0.1) is 5.41 Å². The minimum atomic E-state index is -0.400. The summed E-state index contributed by atoms with van der Waals surface area (Å²) < 4.78 is 1.14. The van der Waals surface area contributed by atoms with Crippen LogP contribution >= 0.6 is 27.5 Å². The molecule has 9 rings (SSSR count). The van der Waals surface area contributed by atoms with Crippen LogP contribution in [0.2, 0.25) is 5.02 Å². The van der Waals surface area contributed by atoms with E-state index in [9.17, 15) is 0 Å². The minimum absolute atomic E-state index is 0.137. The first-order valence-electron chi connectivity index (χ1n) is 14.5. The number of hydrogen-bond donors (Lipinski definition) is 0. The van der Waals surface area contributed by atoms with Gasteiger partial charge in [0.15, 0.2) is 0 Å². The van der Waals surface area contributed by atoms with E-state index in [1.807, 2.05) is 6.07 Å². The topological polar surface area (TPSA) is 0 Å². The monoisotopic (exact) mass is 620 g/mol. The van der Waals surface area contributed by atoms with Crippen molar-refractivity contribution in [3.8, 4) is 44.5 Å². The number of hydrogen-bond acceptors (Lipinski definition) is 0. The van der Waals surface area contributed by atoms with Crippen LogP contribution in [0, 0.1) is 0 Å². The van der Waals surface area contributed by atoms with Crippen molar-refractivity contribution < 1.29 is 0 Å². The molecule has 0 amide bonds. The number of halogens is 2.